The van der Waals surface area contributed by atoms with Gasteiger partial charge in [-0.15, -0.1) is 11.3 Å². The van der Waals surface area contributed by atoms with E-state index in [1.807, 2.05) is 73.0 Å². The van der Waals surface area contributed by atoms with Gasteiger partial charge in [0.25, 0.3) is 0 Å². The first kappa shape index (κ1) is 14.5. The molecule has 110 valence electrons. The second kappa shape index (κ2) is 6.54. The second-order valence-electron chi connectivity index (χ2n) is 5.00. The van der Waals surface area contributed by atoms with Gasteiger partial charge in [-0.2, -0.15) is 0 Å². The number of benzene rings is 2. The summed E-state index contributed by atoms with van der Waals surface area (Å²) < 4.78 is 0. The fourth-order valence-corrected chi connectivity index (χ4v) is 3.07. The number of carbonyl (C=O) groups excluding carboxylic acids is 1. The number of anilines is 2. The van der Waals surface area contributed by atoms with E-state index in [4.69, 9.17) is 0 Å². The maximum absolute atomic E-state index is 12.8. The molecule has 2 aromatic carbocycles. The highest BCUT2D eigenvalue weighted by Gasteiger charge is 2.20. The van der Waals surface area contributed by atoms with Crippen LogP contribution in [0.15, 0.2) is 66.0 Å². The van der Waals surface area contributed by atoms with Gasteiger partial charge in [0, 0.05) is 5.38 Å². The first-order valence-corrected chi connectivity index (χ1v) is 7.96. The summed E-state index contributed by atoms with van der Waals surface area (Å²) in [6, 6.07) is 19.4. The Labute approximate surface area is 133 Å². The molecule has 0 aliphatic heterocycles. The van der Waals surface area contributed by atoms with Crippen molar-refractivity contribution in [3.8, 4) is 0 Å². The molecule has 0 aliphatic rings. The van der Waals surface area contributed by atoms with E-state index in [1.54, 1.807) is 4.90 Å². The number of rotatable bonds is 4. The van der Waals surface area contributed by atoms with Gasteiger partial charge in [0.05, 0.1) is 17.8 Å². The predicted octanol–water partition coefficient (Wildman–Crippen LogP) is 4.36. The van der Waals surface area contributed by atoms with Gasteiger partial charge in [-0.05, 0) is 24.6 Å². The fraction of sp³-hybridized carbons (Fsp3) is 0.111. The highest BCUT2D eigenvalue weighted by atomic mass is 32.1. The lowest BCUT2D eigenvalue weighted by atomic mass is 10.1. The maximum atomic E-state index is 12.8. The quantitative estimate of drug-likeness (QED) is 0.717. The molecule has 0 bridgehead atoms. The molecule has 0 unspecified atom stereocenters. The number of thiazole rings is 1. The van der Waals surface area contributed by atoms with Crippen molar-refractivity contribution in [2.75, 3.05) is 4.90 Å². The van der Waals surface area contributed by atoms with Gasteiger partial charge in [0.15, 0.2) is 5.13 Å². The zero-order chi connectivity index (χ0) is 15.4. The molecule has 3 rings (SSSR count). The van der Waals surface area contributed by atoms with Crippen LogP contribution in [-0.4, -0.2) is 10.9 Å². The van der Waals surface area contributed by atoms with Gasteiger partial charge in [-0.25, -0.2) is 4.98 Å². The molecule has 0 saturated carbocycles. The summed E-state index contributed by atoms with van der Waals surface area (Å²) in [6.07, 6.45) is 0.356. The molecule has 0 radical (unpaired) electrons. The van der Waals surface area contributed by atoms with Crippen LogP contribution in [0.1, 0.15) is 11.3 Å². The van der Waals surface area contributed by atoms with E-state index in [1.165, 1.54) is 11.3 Å². The number of hydrogen-bond donors (Lipinski definition) is 0. The topological polar surface area (TPSA) is 33.2 Å². The third kappa shape index (κ3) is 3.23. The molecular weight excluding hydrogens is 292 g/mol. The molecule has 22 heavy (non-hydrogen) atoms. The number of carbonyl (C=O) groups is 1. The monoisotopic (exact) mass is 308 g/mol. The summed E-state index contributed by atoms with van der Waals surface area (Å²) in [5.41, 5.74) is 2.77. The Balaban J connectivity index is 1.93. The third-order valence-corrected chi connectivity index (χ3v) is 4.20. The maximum Gasteiger partial charge on any atom is 0.237 e. The fourth-order valence-electron chi connectivity index (χ4n) is 2.23. The Kier molecular flexibility index (Phi) is 4.30. The minimum absolute atomic E-state index is 0.0201. The Morgan fingerprint density at radius 2 is 1.68 bits per heavy atom. The van der Waals surface area contributed by atoms with Gasteiger partial charge in [0.1, 0.15) is 0 Å². The van der Waals surface area contributed by atoms with Crippen molar-refractivity contribution >= 4 is 28.1 Å². The molecule has 3 aromatic rings. The molecule has 0 N–H and O–H groups in total. The van der Waals surface area contributed by atoms with Crippen LogP contribution in [0.5, 0.6) is 0 Å². The molecule has 0 atom stereocenters. The minimum atomic E-state index is 0.0201. The average Bonchev–Trinajstić information content (AvgIpc) is 2.95. The third-order valence-electron chi connectivity index (χ3n) is 3.26. The summed E-state index contributed by atoms with van der Waals surface area (Å²) >= 11 is 1.49. The Hall–Kier alpha value is -2.46. The van der Waals surface area contributed by atoms with Crippen LogP contribution in [0.3, 0.4) is 0 Å². The van der Waals surface area contributed by atoms with Crippen molar-refractivity contribution in [2.24, 2.45) is 0 Å². The highest BCUT2D eigenvalue weighted by molar-refractivity contribution is 7.14. The van der Waals surface area contributed by atoms with Crippen molar-refractivity contribution < 1.29 is 4.79 Å². The van der Waals surface area contributed by atoms with Crippen LogP contribution >= 0.6 is 11.3 Å². The molecule has 1 heterocycles. The molecular formula is C18H16N2OS. The largest absolute Gasteiger partial charge is 0.274 e. The van der Waals surface area contributed by atoms with E-state index in [0.29, 0.717) is 11.6 Å². The van der Waals surface area contributed by atoms with Crippen LogP contribution in [-0.2, 0) is 11.2 Å². The molecule has 3 nitrogen and oxygen atoms in total. The summed E-state index contributed by atoms with van der Waals surface area (Å²) in [5.74, 6) is 0.0201. The molecule has 4 heteroatoms. The summed E-state index contributed by atoms with van der Waals surface area (Å²) in [6.45, 7) is 1.94. The summed E-state index contributed by atoms with van der Waals surface area (Å²) in [5, 5.41) is 2.67. The van der Waals surface area contributed by atoms with Crippen molar-refractivity contribution in [1.82, 2.24) is 4.98 Å². The molecule has 1 amide bonds. The lowest BCUT2D eigenvalue weighted by molar-refractivity contribution is -0.117. The van der Waals surface area contributed by atoms with Crippen molar-refractivity contribution in [2.45, 2.75) is 13.3 Å². The van der Waals surface area contributed by atoms with E-state index in [-0.39, 0.29) is 5.91 Å². The summed E-state index contributed by atoms with van der Waals surface area (Å²) in [7, 11) is 0. The first-order valence-electron chi connectivity index (χ1n) is 7.08. The van der Waals surface area contributed by atoms with Gasteiger partial charge in [-0.3, -0.25) is 9.69 Å². The Bertz CT molecular complexity index is 753. The van der Waals surface area contributed by atoms with Crippen molar-refractivity contribution in [3.63, 3.8) is 0 Å². The predicted molar refractivity (Wildman–Crippen MR) is 90.6 cm³/mol. The SMILES string of the molecule is Cc1csc(N(C(=O)Cc2ccccc2)c2ccccc2)n1. The van der Waals surface area contributed by atoms with E-state index < -0.39 is 0 Å². The van der Waals surface area contributed by atoms with Crippen molar-refractivity contribution in [3.05, 3.63) is 77.3 Å². The van der Waals surface area contributed by atoms with E-state index in [2.05, 4.69) is 4.98 Å². The van der Waals surface area contributed by atoms with Crippen LogP contribution in [0.25, 0.3) is 0 Å². The Morgan fingerprint density at radius 1 is 1.05 bits per heavy atom. The number of hydrogen-bond acceptors (Lipinski definition) is 3. The number of amides is 1. The molecule has 0 fully saturated rings. The van der Waals surface area contributed by atoms with Crippen LogP contribution in [0.2, 0.25) is 0 Å². The second-order valence-corrected chi connectivity index (χ2v) is 5.84. The zero-order valence-electron chi connectivity index (χ0n) is 12.3. The lowest BCUT2D eigenvalue weighted by Crippen LogP contribution is -2.27. The smallest absolute Gasteiger partial charge is 0.237 e. The van der Waals surface area contributed by atoms with Gasteiger partial charge < -0.3 is 0 Å². The number of nitrogens with zero attached hydrogens (tertiary/aromatic N) is 2. The van der Waals surface area contributed by atoms with Gasteiger partial charge in [0.2, 0.25) is 5.91 Å². The van der Waals surface area contributed by atoms with Crippen molar-refractivity contribution in [1.29, 1.82) is 0 Å². The van der Waals surface area contributed by atoms with E-state index in [9.17, 15) is 4.79 Å². The zero-order valence-corrected chi connectivity index (χ0v) is 13.1. The first-order chi connectivity index (χ1) is 10.7. The summed E-state index contributed by atoms with van der Waals surface area (Å²) in [4.78, 5) is 19.0. The van der Waals surface area contributed by atoms with E-state index >= 15 is 0 Å². The van der Waals surface area contributed by atoms with Gasteiger partial charge in [-0.1, -0.05) is 48.5 Å². The molecule has 0 saturated heterocycles. The molecule has 1 aromatic heterocycles. The van der Waals surface area contributed by atoms with Gasteiger partial charge >= 0.3 is 0 Å². The molecule has 0 spiro atoms. The van der Waals surface area contributed by atoms with Crippen LogP contribution in [0.4, 0.5) is 10.8 Å². The number of aromatic nitrogens is 1. The average molecular weight is 308 g/mol. The minimum Gasteiger partial charge on any atom is -0.274 e. The highest BCUT2D eigenvalue weighted by Crippen LogP contribution is 2.29. The standard InChI is InChI=1S/C18H16N2OS/c1-14-13-22-18(19-14)20(16-10-6-3-7-11-16)17(21)12-15-8-4-2-5-9-15/h2-11,13H,12H2,1H3. The number of aryl methyl sites for hydroxylation is 1. The van der Waals surface area contributed by atoms with Crippen LogP contribution < -0.4 is 4.90 Å². The lowest BCUT2D eigenvalue weighted by Gasteiger charge is -2.20. The molecule has 0 aliphatic carbocycles. The van der Waals surface area contributed by atoms with Crippen LogP contribution in [0, 0.1) is 6.92 Å². The normalized spacial score (nSPS) is 10.4. The number of para-hydroxylation sites is 1. The Morgan fingerprint density at radius 3 is 2.27 bits per heavy atom. The van der Waals surface area contributed by atoms with E-state index in [0.717, 1.165) is 16.9 Å².